The van der Waals surface area contributed by atoms with Crippen LogP contribution in [0.1, 0.15) is 97.3 Å². The predicted octanol–water partition coefficient (Wildman–Crippen LogP) is 7.59. The van der Waals surface area contributed by atoms with Gasteiger partial charge < -0.3 is 40.1 Å². The molecule has 4 aliphatic rings. The van der Waals surface area contributed by atoms with Gasteiger partial charge in [0.1, 0.15) is 6.29 Å². The van der Waals surface area contributed by atoms with Gasteiger partial charge in [0.15, 0.2) is 11.6 Å². The van der Waals surface area contributed by atoms with Crippen LogP contribution in [-0.4, -0.2) is 106 Å². The number of allylic oxidation sites excluding steroid dienone is 1. The summed E-state index contributed by atoms with van der Waals surface area (Å²) in [6.45, 7) is 7.73. The summed E-state index contributed by atoms with van der Waals surface area (Å²) in [6, 6.07) is 8.76. The number of alkyl halides is 2. The minimum absolute atomic E-state index is 0.0354. The quantitative estimate of drug-likeness (QED) is 0.0481. The maximum absolute atomic E-state index is 16.1. The van der Waals surface area contributed by atoms with Crippen molar-refractivity contribution < 1.29 is 22.8 Å². The number of benzene rings is 2. The van der Waals surface area contributed by atoms with E-state index in [9.17, 15) is 9.59 Å². The SMILES string of the molecule is C=Cc1c(CN(C)C(CCC=O)C(=O)NC)ccc(N2CC(N(N)/C=C(\N)Cn3cc(-c4cc5c(cc4C(F)F)N(c4nn(C6CCCCC6)c6c4CN(C)CC6)CCC5)c4cnccc43)C2)c1F. The highest BCUT2D eigenvalue weighted by atomic mass is 19.3. The van der Waals surface area contributed by atoms with Crippen molar-refractivity contribution in [3.05, 3.63) is 107 Å². The number of nitrogens with two attached hydrogens (primary N) is 2. The number of carbonyl (C=O) groups is 2. The maximum atomic E-state index is 16.1. The van der Waals surface area contributed by atoms with Gasteiger partial charge >= 0.3 is 0 Å². The van der Waals surface area contributed by atoms with E-state index in [4.69, 9.17) is 16.7 Å². The molecule has 5 aromatic rings. The monoisotopic (exact) mass is 947 g/mol. The number of nitrogens with zero attached hydrogens (tertiary/aromatic N) is 9. The van der Waals surface area contributed by atoms with Gasteiger partial charge in [-0.15, -0.1) is 0 Å². The van der Waals surface area contributed by atoms with Gasteiger partial charge in [0.05, 0.1) is 35.9 Å². The average molecular weight is 947 g/mol. The third-order valence-electron chi connectivity index (χ3n) is 14.8. The van der Waals surface area contributed by atoms with Gasteiger partial charge in [-0.25, -0.2) is 19.0 Å². The fourth-order valence-corrected chi connectivity index (χ4v) is 11.1. The molecule has 14 nitrogen and oxygen atoms in total. The minimum Gasteiger partial charge on any atom is -0.399 e. The molecular formula is C52H65F3N12O2. The molecule has 2 aromatic carbocycles. The molecule has 6 heterocycles. The zero-order valence-electron chi connectivity index (χ0n) is 40.0. The molecule has 3 aromatic heterocycles. The van der Waals surface area contributed by atoms with Crippen molar-refractivity contribution in [2.24, 2.45) is 11.6 Å². The van der Waals surface area contributed by atoms with E-state index in [0.717, 1.165) is 79.5 Å². The Hall–Kier alpha value is -6.17. The second-order valence-electron chi connectivity index (χ2n) is 19.3. The number of halogens is 3. The summed E-state index contributed by atoms with van der Waals surface area (Å²) in [7, 11) is 5.46. The molecule has 0 bridgehead atoms. The van der Waals surface area contributed by atoms with Crippen LogP contribution in [0.3, 0.4) is 0 Å². The number of amides is 1. The smallest absolute Gasteiger partial charge is 0.264 e. The molecule has 2 fully saturated rings. The van der Waals surface area contributed by atoms with Crippen molar-refractivity contribution in [1.29, 1.82) is 0 Å². The summed E-state index contributed by atoms with van der Waals surface area (Å²) in [5, 5.41) is 10.3. The number of fused-ring (bicyclic) bond motifs is 3. The van der Waals surface area contributed by atoms with E-state index in [1.54, 1.807) is 54.7 Å². The highest BCUT2D eigenvalue weighted by Crippen LogP contribution is 2.45. The second-order valence-corrected chi connectivity index (χ2v) is 19.3. The predicted molar refractivity (Wildman–Crippen MR) is 265 cm³/mol. The summed E-state index contributed by atoms with van der Waals surface area (Å²) in [4.78, 5) is 36.3. The lowest BCUT2D eigenvalue weighted by molar-refractivity contribution is -0.126. The van der Waals surface area contributed by atoms with E-state index >= 15 is 13.2 Å². The van der Waals surface area contributed by atoms with Gasteiger partial charge in [-0.1, -0.05) is 38.0 Å². The first-order chi connectivity index (χ1) is 33.4. The first kappa shape index (κ1) is 47.9. The molecular weight excluding hydrogens is 882 g/mol. The molecule has 1 amide bonds. The Kier molecular flexibility index (Phi) is 14.2. The number of aldehydes is 1. The fourth-order valence-electron chi connectivity index (χ4n) is 11.1. The number of hydrazine groups is 1. The van der Waals surface area contributed by atoms with E-state index < -0.39 is 18.3 Å². The summed E-state index contributed by atoms with van der Waals surface area (Å²) >= 11 is 0. The largest absolute Gasteiger partial charge is 0.399 e. The Morgan fingerprint density at radius 1 is 1.06 bits per heavy atom. The van der Waals surface area contributed by atoms with Gasteiger partial charge in [0.2, 0.25) is 5.91 Å². The molecule has 1 saturated heterocycles. The number of pyridine rings is 1. The number of hydrogen-bond donors (Lipinski definition) is 3. The molecule has 1 atom stereocenters. The van der Waals surface area contributed by atoms with Gasteiger partial charge in [-0.05, 0) is 87.2 Å². The number of likely N-dealkylation sites (N-methyl/N-ethyl adjacent to an activating group) is 3. The highest BCUT2D eigenvalue weighted by molar-refractivity contribution is 5.97. The lowest BCUT2D eigenvalue weighted by Crippen LogP contribution is -2.60. The molecule has 69 heavy (non-hydrogen) atoms. The molecule has 0 radical (unpaired) electrons. The normalized spacial score (nSPS) is 17.6. The fraction of sp³-hybridized carbons (Fsp3) is 0.462. The summed E-state index contributed by atoms with van der Waals surface area (Å²) < 4.78 is 51.2. The van der Waals surface area contributed by atoms with Crippen molar-refractivity contribution in [2.75, 3.05) is 57.1 Å². The molecule has 1 saturated carbocycles. The van der Waals surface area contributed by atoms with Crippen LogP contribution in [0.5, 0.6) is 0 Å². The van der Waals surface area contributed by atoms with Crippen LogP contribution in [0, 0.1) is 5.82 Å². The lowest BCUT2D eigenvalue weighted by Gasteiger charge is -2.45. The molecule has 0 spiro atoms. The first-order valence-corrected chi connectivity index (χ1v) is 24.4. The standard InChI is InChI=1S/C52H65F3N12O2/c1-5-38-34(26-62(4)47(14-10-22-68)52(69)58-2)15-16-46(49(38)53)64-29-37(30-64)66(57)28-35(56)27-63-32-42(41-25-59-19-17-44(41)63)39-23-33-11-9-20-65(48(33)24-40(39)50(54)55)51-43-31-61(3)21-18-45(43)67(60-51)36-12-7-6-8-13-36/h5,15-17,19,22-25,28,32,36-37,47,50H,1,6-14,18,20-21,26-27,29-31,56-57H2,2-4H3,(H,58,69)/b35-28-. The van der Waals surface area contributed by atoms with Crippen molar-refractivity contribution >= 4 is 46.4 Å². The highest BCUT2D eigenvalue weighted by Gasteiger charge is 2.35. The molecule has 17 heteroatoms. The van der Waals surface area contributed by atoms with Crippen LogP contribution in [0.15, 0.2) is 67.4 Å². The van der Waals surface area contributed by atoms with Gasteiger partial charge in [0.25, 0.3) is 6.43 Å². The van der Waals surface area contributed by atoms with Gasteiger partial charge in [-0.2, -0.15) is 5.10 Å². The van der Waals surface area contributed by atoms with Gasteiger partial charge in [0, 0.05) is 129 Å². The Labute approximate surface area is 402 Å². The number of carbonyl (C=O) groups excluding carboxylic acids is 2. The molecule has 9 rings (SSSR count). The van der Waals surface area contributed by atoms with Crippen LogP contribution in [-0.2, 0) is 42.1 Å². The van der Waals surface area contributed by atoms with E-state index in [1.165, 1.54) is 36.6 Å². The average Bonchev–Trinajstić information content (AvgIpc) is 3.89. The van der Waals surface area contributed by atoms with E-state index in [1.807, 2.05) is 33.9 Å². The van der Waals surface area contributed by atoms with Gasteiger partial charge in [-0.3, -0.25) is 19.4 Å². The molecule has 1 unspecified atom stereocenters. The van der Waals surface area contributed by atoms with Crippen molar-refractivity contribution in [3.8, 4) is 11.1 Å². The number of rotatable bonds is 17. The molecule has 5 N–H and O–H groups in total. The zero-order chi connectivity index (χ0) is 48.5. The second kappa shape index (κ2) is 20.4. The summed E-state index contributed by atoms with van der Waals surface area (Å²) in [5.41, 5.74) is 14.8. The number of aryl methyl sites for hydroxylation is 1. The first-order valence-electron chi connectivity index (χ1n) is 24.4. The number of hydrogen-bond acceptors (Lipinski definition) is 11. The topological polar surface area (TPSA) is 150 Å². The number of aromatic nitrogens is 4. The van der Waals surface area contributed by atoms with Crippen LogP contribution in [0.4, 0.5) is 30.4 Å². The van der Waals surface area contributed by atoms with Crippen molar-refractivity contribution in [2.45, 2.75) is 108 Å². The van der Waals surface area contributed by atoms with Crippen molar-refractivity contribution in [3.63, 3.8) is 0 Å². The Morgan fingerprint density at radius 2 is 1.86 bits per heavy atom. The number of anilines is 3. The lowest BCUT2D eigenvalue weighted by atomic mass is 9.91. The Morgan fingerprint density at radius 3 is 2.59 bits per heavy atom. The molecule has 366 valence electrons. The van der Waals surface area contributed by atoms with Crippen LogP contribution in [0.25, 0.3) is 28.1 Å². The van der Waals surface area contributed by atoms with E-state index in [-0.39, 0.29) is 37.0 Å². The van der Waals surface area contributed by atoms with E-state index in [2.05, 4.69) is 38.4 Å². The Bertz CT molecular complexity index is 2740. The molecule has 1 aliphatic carbocycles. The zero-order valence-corrected chi connectivity index (χ0v) is 40.0. The van der Waals surface area contributed by atoms with Crippen LogP contribution >= 0.6 is 0 Å². The molecule has 3 aliphatic heterocycles. The van der Waals surface area contributed by atoms with Crippen molar-refractivity contribution in [1.82, 2.24) is 39.5 Å². The number of nitrogens with one attached hydrogen (secondary N) is 1. The summed E-state index contributed by atoms with van der Waals surface area (Å²) in [5.74, 6) is 6.86. The van der Waals surface area contributed by atoms with Crippen LogP contribution < -0.4 is 26.7 Å². The third-order valence-corrected chi connectivity index (χ3v) is 14.8. The summed E-state index contributed by atoms with van der Waals surface area (Å²) in [6.07, 6.45) is 15.6. The third kappa shape index (κ3) is 9.48. The van der Waals surface area contributed by atoms with E-state index in [0.29, 0.717) is 65.7 Å². The van der Waals surface area contributed by atoms with Crippen LogP contribution in [0.2, 0.25) is 0 Å². The Balaban J connectivity index is 0.929. The maximum Gasteiger partial charge on any atom is 0.264 e. The minimum atomic E-state index is -2.73.